The van der Waals surface area contributed by atoms with Gasteiger partial charge < -0.3 is 5.32 Å². The largest absolute Gasteiger partial charge is 0.355 e. The van der Waals surface area contributed by atoms with E-state index in [-0.39, 0.29) is 11.7 Å². The van der Waals surface area contributed by atoms with E-state index >= 15 is 0 Å². The van der Waals surface area contributed by atoms with Crippen LogP contribution in [0.4, 0.5) is 4.39 Å². The van der Waals surface area contributed by atoms with Gasteiger partial charge in [-0.2, -0.15) is 0 Å². The Morgan fingerprint density at radius 2 is 1.89 bits per heavy atom. The average Bonchev–Trinajstić information content (AvgIpc) is 2.70. The summed E-state index contributed by atoms with van der Waals surface area (Å²) in [5.74, 6) is 0.520. The van der Waals surface area contributed by atoms with Crippen LogP contribution in [-0.4, -0.2) is 28.2 Å². The summed E-state index contributed by atoms with van der Waals surface area (Å²) >= 11 is 1.40. The molecule has 27 heavy (non-hydrogen) atoms. The molecule has 0 saturated heterocycles. The Kier molecular flexibility index (Phi) is 6.40. The maximum atomic E-state index is 13.2. The lowest BCUT2D eigenvalue weighted by atomic mass is 10.1. The summed E-state index contributed by atoms with van der Waals surface area (Å²) in [5.41, 5.74) is 2.76. The highest BCUT2D eigenvalue weighted by Gasteiger charge is 2.12. The Balaban J connectivity index is 1.98. The molecule has 1 heterocycles. The number of nitrogens with one attached hydrogen (secondary N) is 1. The van der Waals surface area contributed by atoms with Crippen molar-refractivity contribution < 1.29 is 9.18 Å². The van der Waals surface area contributed by atoms with Gasteiger partial charge in [0.25, 0.3) is 0 Å². The average molecular weight is 383 g/mol. The SMILES string of the molecule is CCCNC(=O)CSc1nc(-c2ccc(F)cc2)nc2ccc(CC)cc12. The molecule has 4 nitrogen and oxygen atoms in total. The van der Waals surface area contributed by atoms with Gasteiger partial charge in [-0.05, 0) is 54.8 Å². The molecular formula is C21H22FN3OS. The van der Waals surface area contributed by atoms with E-state index in [2.05, 4.69) is 28.3 Å². The standard InChI is InChI=1S/C21H22FN3OS/c1-3-11-23-19(26)13-27-21-17-12-14(4-2)5-10-18(17)24-20(25-21)15-6-8-16(22)9-7-15/h5-10,12H,3-4,11,13H2,1-2H3,(H,23,26). The first kappa shape index (κ1) is 19.3. The van der Waals surface area contributed by atoms with Crippen LogP contribution in [0.5, 0.6) is 0 Å². The number of amides is 1. The van der Waals surface area contributed by atoms with Gasteiger partial charge in [-0.25, -0.2) is 14.4 Å². The molecule has 0 aliphatic carbocycles. The Labute approximate surface area is 162 Å². The highest BCUT2D eigenvalue weighted by atomic mass is 32.2. The molecule has 1 N–H and O–H groups in total. The Morgan fingerprint density at radius 1 is 1.11 bits per heavy atom. The lowest BCUT2D eigenvalue weighted by molar-refractivity contribution is -0.118. The smallest absolute Gasteiger partial charge is 0.230 e. The summed E-state index contributed by atoms with van der Waals surface area (Å²) in [6, 6.07) is 12.2. The van der Waals surface area contributed by atoms with Gasteiger partial charge in [-0.3, -0.25) is 4.79 Å². The van der Waals surface area contributed by atoms with E-state index in [0.717, 1.165) is 34.3 Å². The molecule has 1 amide bonds. The quantitative estimate of drug-likeness (QED) is 0.478. The molecule has 2 aromatic carbocycles. The fraction of sp³-hybridized carbons (Fsp3) is 0.286. The number of carbonyl (C=O) groups excluding carboxylic acids is 1. The molecule has 3 rings (SSSR count). The number of rotatable bonds is 7. The number of aryl methyl sites for hydroxylation is 1. The molecular weight excluding hydrogens is 361 g/mol. The highest BCUT2D eigenvalue weighted by molar-refractivity contribution is 8.00. The van der Waals surface area contributed by atoms with Crippen LogP contribution in [0.2, 0.25) is 0 Å². The lowest BCUT2D eigenvalue weighted by Crippen LogP contribution is -2.25. The van der Waals surface area contributed by atoms with Crippen LogP contribution in [0.25, 0.3) is 22.3 Å². The summed E-state index contributed by atoms with van der Waals surface area (Å²) in [7, 11) is 0. The van der Waals surface area contributed by atoms with Crippen molar-refractivity contribution in [3.63, 3.8) is 0 Å². The molecule has 0 bridgehead atoms. The molecule has 140 valence electrons. The van der Waals surface area contributed by atoms with Crippen LogP contribution in [0, 0.1) is 5.82 Å². The molecule has 6 heteroatoms. The number of hydrogen-bond acceptors (Lipinski definition) is 4. The number of thioether (sulfide) groups is 1. The van der Waals surface area contributed by atoms with Gasteiger partial charge in [0, 0.05) is 17.5 Å². The molecule has 3 aromatic rings. The van der Waals surface area contributed by atoms with E-state index in [1.807, 2.05) is 19.1 Å². The summed E-state index contributed by atoms with van der Waals surface area (Å²) in [6.45, 7) is 4.79. The van der Waals surface area contributed by atoms with Crippen LogP contribution in [0.15, 0.2) is 47.5 Å². The minimum Gasteiger partial charge on any atom is -0.355 e. The molecule has 0 aliphatic heterocycles. The number of nitrogens with zero attached hydrogens (tertiary/aromatic N) is 2. The monoisotopic (exact) mass is 383 g/mol. The lowest BCUT2D eigenvalue weighted by Gasteiger charge is -2.10. The number of halogens is 1. The normalized spacial score (nSPS) is 10.9. The van der Waals surface area contributed by atoms with Crippen molar-refractivity contribution >= 4 is 28.6 Å². The molecule has 0 fully saturated rings. The van der Waals surface area contributed by atoms with E-state index in [1.54, 1.807) is 12.1 Å². The second-order valence-electron chi connectivity index (χ2n) is 6.20. The second-order valence-corrected chi connectivity index (χ2v) is 7.17. The third kappa shape index (κ3) is 4.83. The van der Waals surface area contributed by atoms with Crippen molar-refractivity contribution in [2.75, 3.05) is 12.3 Å². The van der Waals surface area contributed by atoms with Crippen molar-refractivity contribution in [3.8, 4) is 11.4 Å². The van der Waals surface area contributed by atoms with Crippen molar-refractivity contribution in [1.82, 2.24) is 15.3 Å². The molecule has 0 unspecified atom stereocenters. The van der Waals surface area contributed by atoms with E-state index in [9.17, 15) is 9.18 Å². The third-order valence-corrected chi connectivity index (χ3v) is 5.14. The zero-order chi connectivity index (χ0) is 19.2. The van der Waals surface area contributed by atoms with E-state index in [4.69, 9.17) is 0 Å². The Bertz CT molecular complexity index is 944. The molecule has 0 saturated carbocycles. The number of aromatic nitrogens is 2. The van der Waals surface area contributed by atoms with E-state index in [1.165, 1.54) is 29.5 Å². The highest BCUT2D eigenvalue weighted by Crippen LogP contribution is 2.29. The van der Waals surface area contributed by atoms with Crippen LogP contribution in [-0.2, 0) is 11.2 Å². The van der Waals surface area contributed by atoms with Gasteiger partial charge in [-0.15, -0.1) is 0 Å². The Hall–Kier alpha value is -2.47. The molecule has 0 atom stereocenters. The molecule has 0 radical (unpaired) electrons. The van der Waals surface area contributed by atoms with Gasteiger partial charge >= 0.3 is 0 Å². The van der Waals surface area contributed by atoms with Crippen LogP contribution in [0.3, 0.4) is 0 Å². The zero-order valence-corrected chi connectivity index (χ0v) is 16.3. The molecule has 0 aliphatic rings. The first-order valence-corrected chi connectivity index (χ1v) is 10.1. The minimum atomic E-state index is -0.297. The number of benzene rings is 2. The maximum absolute atomic E-state index is 13.2. The zero-order valence-electron chi connectivity index (χ0n) is 15.5. The van der Waals surface area contributed by atoms with Crippen molar-refractivity contribution in [2.24, 2.45) is 0 Å². The van der Waals surface area contributed by atoms with Crippen LogP contribution >= 0.6 is 11.8 Å². The fourth-order valence-electron chi connectivity index (χ4n) is 2.65. The molecule has 1 aromatic heterocycles. The summed E-state index contributed by atoms with van der Waals surface area (Å²) in [5, 5.41) is 4.58. The van der Waals surface area contributed by atoms with Gasteiger partial charge in [-0.1, -0.05) is 31.7 Å². The second kappa shape index (κ2) is 8.95. The Morgan fingerprint density at radius 3 is 2.59 bits per heavy atom. The summed E-state index contributed by atoms with van der Waals surface area (Å²) in [4.78, 5) is 21.3. The minimum absolute atomic E-state index is 0.0106. The number of fused-ring (bicyclic) bond motifs is 1. The predicted molar refractivity (Wildman–Crippen MR) is 108 cm³/mol. The van der Waals surface area contributed by atoms with Gasteiger partial charge in [0.1, 0.15) is 10.8 Å². The number of carbonyl (C=O) groups is 1. The van der Waals surface area contributed by atoms with Crippen molar-refractivity contribution in [3.05, 3.63) is 53.8 Å². The summed E-state index contributed by atoms with van der Waals surface area (Å²) in [6.07, 6.45) is 1.82. The molecule has 0 spiro atoms. The maximum Gasteiger partial charge on any atom is 0.230 e. The van der Waals surface area contributed by atoms with Crippen molar-refractivity contribution in [2.45, 2.75) is 31.7 Å². The van der Waals surface area contributed by atoms with E-state index < -0.39 is 0 Å². The topological polar surface area (TPSA) is 54.9 Å². The first-order valence-electron chi connectivity index (χ1n) is 9.06. The first-order chi connectivity index (χ1) is 13.1. The van der Waals surface area contributed by atoms with Crippen LogP contribution in [0.1, 0.15) is 25.8 Å². The van der Waals surface area contributed by atoms with Gasteiger partial charge in [0.2, 0.25) is 5.91 Å². The fourth-order valence-corrected chi connectivity index (χ4v) is 3.49. The van der Waals surface area contributed by atoms with Gasteiger partial charge in [0.05, 0.1) is 11.3 Å². The van der Waals surface area contributed by atoms with Crippen LogP contribution < -0.4 is 5.32 Å². The van der Waals surface area contributed by atoms with Gasteiger partial charge in [0.15, 0.2) is 5.82 Å². The summed E-state index contributed by atoms with van der Waals surface area (Å²) < 4.78 is 13.2. The number of hydrogen-bond donors (Lipinski definition) is 1. The van der Waals surface area contributed by atoms with E-state index in [0.29, 0.717) is 18.1 Å². The predicted octanol–water partition coefficient (Wildman–Crippen LogP) is 4.62. The van der Waals surface area contributed by atoms with Crippen molar-refractivity contribution in [1.29, 1.82) is 0 Å². The third-order valence-electron chi connectivity index (χ3n) is 4.15.